The van der Waals surface area contributed by atoms with Gasteiger partial charge < -0.3 is 4.74 Å². The van der Waals surface area contributed by atoms with Gasteiger partial charge in [0.05, 0.1) is 0 Å². The largest absolute Gasteiger partial charge is 0.449 e. The Kier molecular flexibility index (Phi) is 3.85. The van der Waals surface area contributed by atoms with Gasteiger partial charge in [0, 0.05) is 12.0 Å². The molecular weight excluding hydrogens is 180 g/mol. The van der Waals surface area contributed by atoms with Gasteiger partial charge in [-0.25, -0.2) is 0 Å². The third kappa shape index (κ3) is 3.01. The average Bonchev–Trinajstić information content (AvgIpc) is 2.26. The normalized spacial score (nSPS) is 9.50. The maximum atomic E-state index is 11.3. The van der Waals surface area contributed by atoms with E-state index in [-0.39, 0.29) is 12.2 Å². The molecule has 3 nitrogen and oxygen atoms in total. The minimum atomic E-state index is -0.408. The maximum Gasteiger partial charge on any atom is 0.306 e. The smallest absolute Gasteiger partial charge is 0.306 e. The molecule has 0 saturated carbocycles. The molecule has 1 aromatic carbocycles. The molecule has 0 aliphatic rings. The first kappa shape index (κ1) is 10.4. The Bertz CT molecular complexity index is 317. The van der Waals surface area contributed by atoms with Gasteiger partial charge in [-0.05, 0) is 0 Å². The van der Waals surface area contributed by atoms with Crippen LogP contribution in [0.15, 0.2) is 30.3 Å². The second-order valence-corrected chi connectivity index (χ2v) is 2.69. The summed E-state index contributed by atoms with van der Waals surface area (Å²) in [5.74, 6) is -0.707. The van der Waals surface area contributed by atoms with Crippen molar-refractivity contribution in [1.29, 1.82) is 0 Å². The van der Waals surface area contributed by atoms with Gasteiger partial charge in [0.25, 0.3) is 0 Å². The third-order valence-corrected chi connectivity index (χ3v) is 1.64. The molecule has 1 rings (SSSR count). The molecular formula is C11H11O3. The lowest BCUT2D eigenvalue weighted by Crippen LogP contribution is -2.07. The van der Waals surface area contributed by atoms with Gasteiger partial charge >= 0.3 is 5.97 Å². The number of carbonyl (C=O) groups excluding carboxylic acids is 2. The molecule has 0 amide bonds. The Morgan fingerprint density at radius 2 is 1.93 bits per heavy atom. The predicted molar refractivity (Wildman–Crippen MR) is 51.5 cm³/mol. The average molecular weight is 191 g/mol. The molecule has 0 atom stereocenters. The van der Waals surface area contributed by atoms with E-state index < -0.39 is 5.97 Å². The lowest BCUT2D eigenvalue weighted by atomic mass is 10.1. The quantitative estimate of drug-likeness (QED) is 0.540. The van der Waals surface area contributed by atoms with Crippen molar-refractivity contribution in [1.82, 2.24) is 0 Å². The molecule has 1 aromatic rings. The van der Waals surface area contributed by atoms with Crippen LogP contribution in [0.25, 0.3) is 0 Å². The topological polar surface area (TPSA) is 43.4 Å². The Labute approximate surface area is 82.7 Å². The molecule has 14 heavy (non-hydrogen) atoms. The number of rotatable bonds is 4. The highest BCUT2D eigenvalue weighted by molar-refractivity contribution is 6.02. The van der Waals surface area contributed by atoms with Gasteiger partial charge in [-0.3, -0.25) is 9.59 Å². The van der Waals surface area contributed by atoms with Crippen LogP contribution in [0.4, 0.5) is 0 Å². The predicted octanol–water partition coefficient (Wildman–Crippen LogP) is 1.98. The fourth-order valence-corrected chi connectivity index (χ4v) is 0.873. The number of ether oxygens (including phenoxy) is 1. The van der Waals surface area contributed by atoms with Crippen molar-refractivity contribution < 1.29 is 14.3 Å². The zero-order valence-electron chi connectivity index (χ0n) is 7.90. The summed E-state index contributed by atoms with van der Waals surface area (Å²) >= 11 is 0. The van der Waals surface area contributed by atoms with Crippen molar-refractivity contribution in [2.24, 2.45) is 0 Å². The molecule has 1 radical (unpaired) electrons. The monoisotopic (exact) mass is 191 g/mol. The fraction of sp³-hybridized carbons (Fsp3) is 0.182. The molecule has 3 heteroatoms. The van der Waals surface area contributed by atoms with Crippen molar-refractivity contribution in [3.8, 4) is 0 Å². The fourth-order valence-electron chi connectivity index (χ4n) is 0.873. The van der Waals surface area contributed by atoms with E-state index in [1.807, 2.05) is 6.07 Å². The first-order valence-electron chi connectivity index (χ1n) is 4.36. The standard InChI is InChI=1S/C11H11O3/c1-2-11(13)14-8-10(12)9-6-4-3-5-7-9/h3-8H,2H2,1H3. The van der Waals surface area contributed by atoms with Crippen molar-refractivity contribution in [2.45, 2.75) is 13.3 Å². The van der Waals surface area contributed by atoms with Crippen LogP contribution in [-0.4, -0.2) is 11.8 Å². The van der Waals surface area contributed by atoms with Gasteiger partial charge in [-0.1, -0.05) is 37.3 Å². The summed E-state index contributed by atoms with van der Waals surface area (Å²) < 4.78 is 4.59. The molecule has 73 valence electrons. The Balaban J connectivity index is 2.48. The number of carbonyl (C=O) groups is 2. The van der Waals surface area contributed by atoms with E-state index in [9.17, 15) is 9.59 Å². The molecule has 0 unspecified atom stereocenters. The molecule has 0 aliphatic heterocycles. The molecule has 0 saturated heterocycles. The van der Waals surface area contributed by atoms with Crippen LogP contribution >= 0.6 is 0 Å². The summed E-state index contributed by atoms with van der Waals surface area (Å²) in [4.78, 5) is 22.1. The summed E-state index contributed by atoms with van der Waals surface area (Å²) in [5.41, 5.74) is 0.511. The van der Waals surface area contributed by atoms with Crippen LogP contribution in [-0.2, 0) is 9.53 Å². The molecule has 0 fully saturated rings. The Morgan fingerprint density at radius 1 is 1.29 bits per heavy atom. The summed E-state index contributed by atoms with van der Waals surface area (Å²) in [6.45, 7) is 2.62. The minimum absolute atomic E-state index is 0.262. The van der Waals surface area contributed by atoms with Crippen molar-refractivity contribution in [2.75, 3.05) is 0 Å². The molecule has 0 aromatic heterocycles. The summed E-state index contributed by atoms with van der Waals surface area (Å²) in [6.07, 6.45) is 0.262. The zero-order valence-corrected chi connectivity index (χ0v) is 7.90. The van der Waals surface area contributed by atoms with Gasteiger partial charge in [-0.15, -0.1) is 0 Å². The van der Waals surface area contributed by atoms with Crippen LogP contribution in [0, 0.1) is 6.61 Å². The van der Waals surface area contributed by atoms with E-state index >= 15 is 0 Å². The van der Waals surface area contributed by atoms with Crippen molar-refractivity contribution >= 4 is 11.8 Å². The number of benzene rings is 1. The highest BCUT2D eigenvalue weighted by Crippen LogP contribution is 2.03. The Morgan fingerprint density at radius 3 is 2.50 bits per heavy atom. The highest BCUT2D eigenvalue weighted by Gasteiger charge is 2.08. The summed E-state index contributed by atoms with van der Waals surface area (Å²) in [5, 5.41) is 0. The number of hydrogen-bond donors (Lipinski definition) is 0. The first-order valence-corrected chi connectivity index (χ1v) is 4.36. The minimum Gasteiger partial charge on any atom is -0.449 e. The number of ketones is 1. The van der Waals surface area contributed by atoms with Crippen LogP contribution in [0.1, 0.15) is 23.7 Å². The van der Waals surface area contributed by atoms with Gasteiger partial charge in [0.1, 0.15) is 0 Å². The van der Waals surface area contributed by atoms with Gasteiger partial charge in [0.2, 0.25) is 12.4 Å². The summed E-state index contributed by atoms with van der Waals surface area (Å²) in [7, 11) is 0. The van der Waals surface area contributed by atoms with Gasteiger partial charge in [0.15, 0.2) is 0 Å². The van der Waals surface area contributed by atoms with Crippen LogP contribution in [0.5, 0.6) is 0 Å². The van der Waals surface area contributed by atoms with E-state index in [1.54, 1.807) is 31.2 Å². The number of hydrogen-bond acceptors (Lipinski definition) is 3. The van der Waals surface area contributed by atoms with Crippen LogP contribution in [0.2, 0.25) is 0 Å². The van der Waals surface area contributed by atoms with E-state index in [2.05, 4.69) is 4.74 Å². The molecule has 0 heterocycles. The molecule has 0 N–H and O–H groups in total. The highest BCUT2D eigenvalue weighted by atomic mass is 16.5. The second-order valence-electron chi connectivity index (χ2n) is 2.69. The first-order chi connectivity index (χ1) is 6.74. The second kappa shape index (κ2) is 5.17. The number of esters is 1. The van der Waals surface area contributed by atoms with Crippen molar-refractivity contribution in [3.05, 3.63) is 42.5 Å². The maximum absolute atomic E-state index is 11.3. The number of Topliss-reactive ketones (excluding diaryl/α,β-unsaturated/α-hetero) is 1. The lowest BCUT2D eigenvalue weighted by Gasteiger charge is -2.00. The van der Waals surface area contributed by atoms with E-state index in [4.69, 9.17) is 0 Å². The zero-order chi connectivity index (χ0) is 10.4. The van der Waals surface area contributed by atoms with E-state index in [0.717, 1.165) is 6.61 Å². The molecule has 0 bridgehead atoms. The lowest BCUT2D eigenvalue weighted by molar-refractivity contribution is -0.139. The van der Waals surface area contributed by atoms with E-state index in [1.165, 1.54) is 0 Å². The third-order valence-electron chi connectivity index (χ3n) is 1.64. The molecule has 0 spiro atoms. The molecule has 0 aliphatic carbocycles. The SMILES string of the molecule is CCC(=O)O[CH]C(=O)c1ccccc1. The summed E-state index contributed by atoms with van der Waals surface area (Å²) in [6, 6.07) is 8.65. The Hall–Kier alpha value is -1.64. The van der Waals surface area contributed by atoms with Gasteiger partial charge in [-0.2, -0.15) is 0 Å². The van der Waals surface area contributed by atoms with Crippen molar-refractivity contribution in [3.63, 3.8) is 0 Å². The van der Waals surface area contributed by atoms with Crippen LogP contribution in [0.3, 0.4) is 0 Å². The van der Waals surface area contributed by atoms with E-state index in [0.29, 0.717) is 5.56 Å². The van der Waals surface area contributed by atoms with Crippen LogP contribution < -0.4 is 0 Å².